The highest BCUT2D eigenvalue weighted by Gasteiger charge is 2.22. The fraction of sp³-hybridized carbons (Fsp3) is 0.438. The monoisotopic (exact) mass is 259 g/mol. The Labute approximate surface area is 114 Å². The molecule has 1 aliphatic heterocycles. The lowest BCUT2D eigenvalue weighted by molar-refractivity contribution is -0.112. The van der Waals surface area contributed by atoms with Crippen molar-refractivity contribution in [2.75, 3.05) is 13.1 Å². The van der Waals surface area contributed by atoms with Crippen molar-refractivity contribution in [1.82, 2.24) is 4.90 Å². The van der Waals surface area contributed by atoms with Gasteiger partial charge in [-0.1, -0.05) is 30.3 Å². The maximum Gasteiger partial charge on any atom is 0.155 e. The van der Waals surface area contributed by atoms with Crippen LogP contribution in [0.5, 0.6) is 0 Å². The summed E-state index contributed by atoms with van der Waals surface area (Å²) in [7, 11) is 0. The number of hydrogen-bond donors (Lipinski definition) is 1. The number of hydrogen-bond acceptors (Lipinski definition) is 3. The number of piperidine rings is 1. The van der Waals surface area contributed by atoms with Crippen LogP contribution in [0.2, 0.25) is 0 Å². The van der Waals surface area contributed by atoms with E-state index >= 15 is 0 Å². The van der Waals surface area contributed by atoms with Crippen LogP contribution >= 0.6 is 0 Å². The summed E-state index contributed by atoms with van der Waals surface area (Å²) in [5.41, 5.74) is 1.32. The Hall–Kier alpha value is -1.61. The zero-order valence-corrected chi connectivity index (χ0v) is 11.4. The van der Waals surface area contributed by atoms with E-state index in [0.29, 0.717) is 0 Å². The normalized spacial score (nSPS) is 18.5. The number of likely N-dealkylation sites (tertiary alicyclic amines) is 1. The van der Waals surface area contributed by atoms with Crippen LogP contribution in [0.3, 0.4) is 0 Å². The summed E-state index contributed by atoms with van der Waals surface area (Å²) in [6.45, 7) is 4.37. The van der Waals surface area contributed by atoms with E-state index < -0.39 is 0 Å². The second-order valence-electron chi connectivity index (χ2n) is 5.22. The van der Waals surface area contributed by atoms with Crippen molar-refractivity contribution in [3.05, 3.63) is 47.7 Å². The third-order valence-electron chi connectivity index (χ3n) is 3.61. The summed E-state index contributed by atoms with van der Waals surface area (Å²) in [4.78, 5) is 13.4. The van der Waals surface area contributed by atoms with E-state index in [-0.39, 0.29) is 17.5 Å². The average Bonchev–Trinajstić information content (AvgIpc) is 2.40. The number of carbonyl (C=O) groups excluding carboxylic acids is 1. The molecule has 102 valence electrons. The third-order valence-corrected chi connectivity index (χ3v) is 3.61. The molecule has 1 aromatic carbocycles. The molecular formula is C16H21NO2. The molecule has 1 fully saturated rings. The quantitative estimate of drug-likeness (QED) is 0.667. The molecular weight excluding hydrogens is 238 g/mol. The molecule has 1 N–H and O–H groups in total. The van der Waals surface area contributed by atoms with Gasteiger partial charge in [-0.2, -0.15) is 0 Å². The molecule has 1 heterocycles. The van der Waals surface area contributed by atoms with Gasteiger partial charge in [0.2, 0.25) is 0 Å². The van der Waals surface area contributed by atoms with Gasteiger partial charge in [-0.05, 0) is 38.4 Å². The molecule has 1 aromatic rings. The minimum Gasteiger partial charge on any atom is -0.512 e. The summed E-state index contributed by atoms with van der Waals surface area (Å²) in [5, 5.41) is 9.84. The van der Waals surface area contributed by atoms with Gasteiger partial charge in [0, 0.05) is 18.5 Å². The number of benzene rings is 1. The number of aliphatic hydroxyl groups excluding tert-OH is 1. The Kier molecular flexibility index (Phi) is 4.74. The summed E-state index contributed by atoms with van der Waals surface area (Å²) in [6, 6.07) is 10.4. The molecule has 1 aliphatic rings. The van der Waals surface area contributed by atoms with Crippen molar-refractivity contribution in [3.63, 3.8) is 0 Å². The van der Waals surface area contributed by atoms with E-state index in [9.17, 15) is 9.90 Å². The van der Waals surface area contributed by atoms with Crippen LogP contribution < -0.4 is 0 Å². The van der Waals surface area contributed by atoms with Crippen LogP contribution in [-0.4, -0.2) is 28.9 Å². The van der Waals surface area contributed by atoms with Crippen molar-refractivity contribution < 1.29 is 9.90 Å². The molecule has 1 saturated heterocycles. The minimum absolute atomic E-state index is 0.0794. The minimum atomic E-state index is -0.0794. The first-order valence-electron chi connectivity index (χ1n) is 6.82. The standard InChI is InChI=1S/C16H21NO2/c1-13(18)11-16(19)15-7-9-17(10-8-15)12-14-5-3-2-4-6-14/h2-6,11,15,19H,7-10,12H2,1H3/b16-11-. The van der Waals surface area contributed by atoms with Gasteiger partial charge >= 0.3 is 0 Å². The van der Waals surface area contributed by atoms with E-state index in [1.165, 1.54) is 18.6 Å². The molecule has 0 amide bonds. The maximum atomic E-state index is 11.0. The number of ketones is 1. The Balaban J connectivity index is 1.84. The summed E-state index contributed by atoms with van der Waals surface area (Å²) in [5.74, 6) is 0.326. The Morgan fingerprint density at radius 3 is 2.53 bits per heavy atom. The van der Waals surface area contributed by atoms with Crippen LogP contribution in [-0.2, 0) is 11.3 Å². The predicted octanol–water partition coefficient (Wildman–Crippen LogP) is 2.93. The van der Waals surface area contributed by atoms with Gasteiger partial charge in [0.25, 0.3) is 0 Å². The molecule has 2 rings (SSSR count). The van der Waals surface area contributed by atoms with Crippen LogP contribution in [0.1, 0.15) is 25.3 Å². The highest BCUT2D eigenvalue weighted by molar-refractivity contribution is 5.87. The first-order valence-corrected chi connectivity index (χ1v) is 6.82. The number of nitrogens with zero attached hydrogens (tertiary/aromatic N) is 1. The zero-order valence-electron chi connectivity index (χ0n) is 11.4. The van der Waals surface area contributed by atoms with Gasteiger partial charge in [-0.25, -0.2) is 0 Å². The van der Waals surface area contributed by atoms with E-state index in [1.54, 1.807) is 0 Å². The molecule has 0 spiro atoms. The molecule has 19 heavy (non-hydrogen) atoms. The largest absolute Gasteiger partial charge is 0.512 e. The van der Waals surface area contributed by atoms with Gasteiger partial charge in [-0.15, -0.1) is 0 Å². The Bertz CT molecular complexity index is 445. The number of allylic oxidation sites excluding steroid dienone is 2. The van der Waals surface area contributed by atoms with E-state index in [2.05, 4.69) is 29.2 Å². The summed E-state index contributed by atoms with van der Waals surface area (Å²) < 4.78 is 0. The molecule has 0 bridgehead atoms. The fourth-order valence-electron chi connectivity index (χ4n) is 2.55. The van der Waals surface area contributed by atoms with Crippen LogP contribution in [0.4, 0.5) is 0 Å². The van der Waals surface area contributed by atoms with Gasteiger partial charge in [0.05, 0.1) is 5.76 Å². The number of rotatable bonds is 4. The topological polar surface area (TPSA) is 40.5 Å². The Morgan fingerprint density at radius 2 is 1.95 bits per heavy atom. The summed E-state index contributed by atoms with van der Waals surface area (Å²) >= 11 is 0. The fourth-order valence-corrected chi connectivity index (χ4v) is 2.55. The average molecular weight is 259 g/mol. The zero-order chi connectivity index (χ0) is 13.7. The smallest absolute Gasteiger partial charge is 0.155 e. The predicted molar refractivity (Wildman–Crippen MR) is 75.8 cm³/mol. The second-order valence-corrected chi connectivity index (χ2v) is 5.22. The molecule has 0 atom stereocenters. The lowest BCUT2D eigenvalue weighted by atomic mass is 9.94. The van der Waals surface area contributed by atoms with Crippen molar-refractivity contribution >= 4 is 5.78 Å². The highest BCUT2D eigenvalue weighted by Crippen LogP contribution is 2.24. The van der Waals surface area contributed by atoms with Gasteiger partial charge < -0.3 is 5.11 Å². The number of aliphatic hydroxyl groups is 1. The molecule has 0 radical (unpaired) electrons. The third kappa shape index (κ3) is 4.21. The van der Waals surface area contributed by atoms with Crippen molar-refractivity contribution in [1.29, 1.82) is 0 Å². The van der Waals surface area contributed by atoms with Crippen molar-refractivity contribution in [3.8, 4) is 0 Å². The van der Waals surface area contributed by atoms with E-state index in [1.807, 2.05) is 6.07 Å². The Morgan fingerprint density at radius 1 is 1.32 bits per heavy atom. The van der Waals surface area contributed by atoms with Crippen LogP contribution in [0.25, 0.3) is 0 Å². The number of carbonyl (C=O) groups is 1. The molecule has 0 unspecified atom stereocenters. The maximum absolute atomic E-state index is 11.0. The molecule has 0 saturated carbocycles. The molecule has 3 nitrogen and oxygen atoms in total. The van der Waals surface area contributed by atoms with Crippen molar-refractivity contribution in [2.24, 2.45) is 5.92 Å². The lowest BCUT2D eigenvalue weighted by Crippen LogP contribution is -2.33. The van der Waals surface area contributed by atoms with E-state index in [0.717, 1.165) is 32.5 Å². The van der Waals surface area contributed by atoms with Crippen LogP contribution in [0, 0.1) is 5.92 Å². The van der Waals surface area contributed by atoms with Crippen molar-refractivity contribution in [2.45, 2.75) is 26.3 Å². The first-order chi connectivity index (χ1) is 9.15. The molecule has 0 aliphatic carbocycles. The van der Waals surface area contributed by atoms with Gasteiger partial charge in [0.15, 0.2) is 5.78 Å². The molecule has 0 aromatic heterocycles. The van der Waals surface area contributed by atoms with Gasteiger partial charge in [-0.3, -0.25) is 9.69 Å². The summed E-state index contributed by atoms with van der Waals surface area (Å²) in [6.07, 6.45) is 3.20. The molecule has 3 heteroatoms. The lowest BCUT2D eigenvalue weighted by Gasteiger charge is -2.31. The van der Waals surface area contributed by atoms with Gasteiger partial charge in [0.1, 0.15) is 0 Å². The van der Waals surface area contributed by atoms with E-state index in [4.69, 9.17) is 0 Å². The second kappa shape index (κ2) is 6.53. The SMILES string of the molecule is CC(=O)/C=C(\O)C1CCN(Cc2ccccc2)CC1. The van der Waals surface area contributed by atoms with Crippen LogP contribution in [0.15, 0.2) is 42.2 Å². The first kappa shape index (κ1) is 13.8. The highest BCUT2D eigenvalue weighted by atomic mass is 16.3.